The lowest BCUT2D eigenvalue weighted by Gasteiger charge is -1.97. The van der Waals surface area contributed by atoms with Crippen molar-refractivity contribution < 1.29 is 0 Å². The third kappa shape index (κ3) is 6.75. The van der Waals surface area contributed by atoms with E-state index in [1.165, 1.54) is 17.0 Å². The van der Waals surface area contributed by atoms with Crippen LogP contribution in [0.3, 0.4) is 0 Å². The third-order valence-electron chi connectivity index (χ3n) is 3.76. The Hall–Kier alpha value is -1.94. The number of hydrogen-bond acceptors (Lipinski definition) is 3. The highest BCUT2D eigenvalue weighted by Gasteiger charge is 2.06. The number of benzene rings is 1. The smallest absolute Gasteiger partial charge is 0.123 e. The molecule has 2 aromatic heterocycles. The Bertz CT molecular complexity index is 727. The van der Waals surface area contributed by atoms with Gasteiger partial charge in [-0.15, -0.1) is 11.3 Å². The minimum Gasteiger partial charge on any atom is -0.282 e. The summed E-state index contributed by atoms with van der Waals surface area (Å²) >= 11 is 1.72. The molecule has 0 unspecified atom stereocenters. The van der Waals surface area contributed by atoms with E-state index in [0.29, 0.717) is 11.8 Å². The number of nitrogens with one attached hydrogen (secondary N) is 1. The summed E-state index contributed by atoms with van der Waals surface area (Å²) in [6.07, 6.45) is 1.04. The van der Waals surface area contributed by atoms with Crippen LogP contribution in [0.1, 0.15) is 77.4 Å². The summed E-state index contributed by atoms with van der Waals surface area (Å²) in [6.45, 7) is 14.8. The normalized spacial score (nSPS) is 10.2. The highest BCUT2D eigenvalue weighted by molar-refractivity contribution is 7.13. The molecule has 4 heteroatoms. The van der Waals surface area contributed by atoms with E-state index in [1.54, 1.807) is 11.3 Å². The fourth-order valence-electron chi connectivity index (χ4n) is 2.12. The quantitative estimate of drug-likeness (QED) is 0.533. The van der Waals surface area contributed by atoms with Crippen molar-refractivity contribution >= 4 is 11.3 Å². The van der Waals surface area contributed by atoms with E-state index >= 15 is 0 Å². The SMILES string of the molecule is CC.CC(C)c1csc(-c2ccccc2)n1.CCc1cc(C(C)C)n[nH]1. The Kier molecular flexibility index (Phi) is 9.89. The first-order valence-electron chi connectivity index (χ1n) is 9.56. The molecule has 0 saturated carbocycles. The van der Waals surface area contributed by atoms with Crippen molar-refractivity contribution in [3.05, 3.63) is 58.9 Å². The van der Waals surface area contributed by atoms with Gasteiger partial charge in [-0.05, 0) is 24.3 Å². The largest absolute Gasteiger partial charge is 0.282 e. The van der Waals surface area contributed by atoms with Crippen LogP contribution < -0.4 is 0 Å². The van der Waals surface area contributed by atoms with Gasteiger partial charge in [0, 0.05) is 16.6 Å². The van der Waals surface area contributed by atoms with Crippen LogP contribution in [-0.4, -0.2) is 15.2 Å². The van der Waals surface area contributed by atoms with Crippen molar-refractivity contribution in [1.29, 1.82) is 0 Å². The molecular weight excluding hydrogens is 338 g/mol. The molecule has 0 aliphatic carbocycles. The molecule has 0 saturated heterocycles. The highest BCUT2D eigenvalue weighted by atomic mass is 32.1. The molecular formula is C22H33N3S. The van der Waals surface area contributed by atoms with Gasteiger partial charge in [-0.1, -0.05) is 78.8 Å². The van der Waals surface area contributed by atoms with Gasteiger partial charge in [-0.2, -0.15) is 5.10 Å². The van der Waals surface area contributed by atoms with Crippen molar-refractivity contribution in [3.8, 4) is 10.6 Å². The van der Waals surface area contributed by atoms with Gasteiger partial charge in [0.2, 0.25) is 0 Å². The van der Waals surface area contributed by atoms with Crippen LogP contribution in [0, 0.1) is 0 Å². The lowest BCUT2D eigenvalue weighted by molar-refractivity contribution is 0.808. The number of rotatable bonds is 4. The lowest BCUT2D eigenvalue weighted by Crippen LogP contribution is -1.86. The molecule has 3 rings (SSSR count). The highest BCUT2D eigenvalue weighted by Crippen LogP contribution is 2.26. The molecule has 1 aromatic carbocycles. The van der Waals surface area contributed by atoms with Gasteiger partial charge in [-0.3, -0.25) is 5.10 Å². The zero-order valence-electron chi connectivity index (χ0n) is 17.2. The molecule has 142 valence electrons. The monoisotopic (exact) mass is 371 g/mol. The molecule has 0 spiro atoms. The topological polar surface area (TPSA) is 41.6 Å². The van der Waals surface area contributed by atoms with Crippen LogP contribution in [0.5, 0.6) is 0 Å². The Labute approximate surface area is 162 Å². The Morgan fingerprint density at radius 1 is 0.962 bits per heavy atom. The van der Waals surface area contributed by atoms with Crippen LogP contribution in [0.4, 0.5) is 0 Å². The predicted molar refractivity (Wildman–Crippen MR) is 115 cm³/mol. The fourth-order valence-corrected chi connectivity index (χ4v) is 3.11. The van der Waals surface area contributed by atoms with Crippen LogP contribution in [-0.2, 0) is 6.42 Å². The van der Waals surface area contributed by atoms with Gasteiger partial charge >= 0.3 is 0 Å². The molecule has 1 N–H and O–H groups in total. The van der Waals surface area contributed by atoms with Crippen molar-refractivity contribution in [2.24, 2.45) is 0 Å². The zero-order valence-corrected chi connectivity index (χ0v) is 18.0. The first kappa shape index (κ1) is 22.1. The number of aryl methyl sites for hydroxylation is 1. The zero-order chi connectivity index (χ0) is 19.5. The van der Waals surface area contributed by atoms with Gasteiger partial charge in [0.1, 0.15) is 5.01 Å². The lowest BCUT2D eigenvalue weighted by atomic mass is 10.1. The summed E-state index contributed by atoms with van der Waals surface area (Å²) in [6, 6.07) is 12.5. The molecule has 0 aliphatic rings. The number of thiazole rings is 1. The number of aromatic nitrogens is 3. The van der Waals surface area contributed by atoms with Gasteiger partial charge < -0.3 is 0 Å². The molecule has 0 fully saturated rings. The standard InChI is InChI=1S/C12H13NS.C8H14N2.C2H6/c1-9(2)11-8-14-12(13-11)10-6-4-3-5-7-10;1-4-7-5-8(6(2)3)10-9-7;1-2/h3-9H,1-2H3;5-6H,4H2,1-3H3,(H,9,10);1-2H3. The maximum atomic E-state index is 4.60. The first-order chi connectivity index (χ1) is 12.5. The number of H-pyrrole nitrogens is 1. The van der Waals surface area contributed by atoms with Gasteiger partial charge in [-0.25, -0.2) is 4.98 Å². The second-order valence-corrected chi connectivity index (χ2v) is 7.28. The van der Waals surface area contributed by atoms with Crippen LogP contribution in [0.15, 0.2) is 41.8 Å². The van der Waals surface area contributed by atoms with E-state index < -0.39 is 0 Å². The predicted octanol–water partition coefficient (Wildman–Crippen LogP) is 7.06. The maximum Gasteiger partial charge on any atom is 0.123 e. The fraction of sp³-hybridized carbons (Fsp3) is 0.455. The Morgan fingerprint density at radius 2 is 1.58 bits per heavy atom. The summed E-state index contributed by atoms with van der Waals surface area (Å²) in [5.74, 6) is 1.06. The molecule has 3 aromatic rings. The van der Waals surface area contributed by atoms with E-state index in [2.05, 4.69) is 73.4 Å². The first-order valence-corrected chi connectivity index (χ1v) is 10.4. The van der Waals surface area contributed by atoms with Crippen molar-refractivity contribution in [2.75, 3.05) is 0 Å². The van der Waals surface area contributed by atoms with Crippen molar-refractivity contribution in [1.82, 2.24) is 15.2 Å². The Balaban J connectivity index is 0.000000249. The van der Waals surface area contributed by atoms with Crippen LogP contribution in [0.25, 0.3) is 10.6 Å². The molecule has 0 amide bonds. The average molecular weight is 372 g/mol. The van der Waals surface area contributed by atoms with Crippen LogP contribution in [0.2, 0.25) is 0 Å². The second-order valence-electron chi connectivity index (χ2n) is 6.42. The molecule has 26 heavy (non-hydrogen) atoms. The number of hydrogen-bond donors (Lipinski definition) is 1. The summed E-state index contributed by atoms with van der Waals surface area (Å²) in [5.41, 5.74) is 4.79. The van der Waals surface area contributed by atoms with Gasteiger partial charge in [0.05, 0.1) is 11.4 Å². The number of nitrogens with zero attached hydrogens (tertiary/aromatic N) is 2. The van der Waals surface area contributed by atoms with Gasteiger partial charge in [0.25, 0.3) is 0 Å². The van der Waals surface area contributed by atoms with Crippen molar-refractivity contribution in [2.45, 2.75) is 66.7 Å². The Morgan fingerprint density at radius 3 is 2.00 bits per heavy atom. The van der Waals surface area contributed by atoms with Gasteiger partial charge in [0.15, 0.2) is 0 Å². The second kappa shape index (κ2) is 11.6. The third-order valence-corrected chi connectivity index (χ3v) is 4.67. The summed E-state index contributed by atoms with van der Waals surface area (Å²) in [4.78, 5) is 4.60. The van der Waals surface area contributed by atoms with Crippen molar-refractivity contribution in [3.63, 3.8) is 0 Å². The summed E-state index contributed by atoms with van der Waals surface area (Å²) in [7, 11) is 0. The van der Waals surface area contributed by atoms with E-state index in [0.717, 1.165) is 17.1 Å². The maximum absolute atomic E-state index is 4.60. The molecule has 0 radical (unpaired) electrons. The average Bonchev–Trinajstić information content (AvgIpc) is 3.34. The summed E-state index contributed by atoms with van der Waals surface area (Å²) < 4.78 is 0. The molecule has 2 heterocycles. The molecule has 3 nitrogen and oxygen atoms in total. The van der Waals surface area contributed by atoms with E-state index in [4.69, 9.17) is 0 Å². The minimum atomic E-state index is 0.517. The summed E-state index contributed by atoms with van der Waals surface area (Å²) in [5, 5.41) is 10.4. The van der Waals surface area contributed by atoms with E-state index in [-0.39, 0.29) is 0 Å². The molecule has 0 atom stereocenters. The minimum absolute atomic E-state index is 0.517. The number of aromatic amines is 1. The molecule has 0 aliphatic heterocycles. The van der Waals surface area contributed by atoms with Crippen LogP contribution >= 0.6 is 11.3 Å². The van der Waals surface area contributed by atoms with E-state index in [1.807, 2.05) is 32.0 Å². The molecule has 0 bridgehead atoms. The van der Waals surface area contributed by atoms with E-state index in [9.17, 15) is 0 Å².